The Bertz CT molecular complexity index is 1390. The topological polar surface area (TPSA) is 110 Å². The number of carbonyl (C=O) groups excluding carboxylic acids is 3. The summed E-state index contributed by atoms with van der Waals surface area (Å²) in [6.45, 7) is 4.82. The predicted octanol–water partition coefficient (Wildman–Crippen LogP) is 4.89. The van der Waals surface area contributed by atoms with E-state index in [4.69, 9.17) is 4.74 Å². The van der Waals surface area contributed by atoms with Gasteiger partial charge in [0.25, 0.3) is 11.8 Å². The molecule has 1 aliphatic heterocycles. The van der Waals surface area contributed by atoms with Gasteiger partial charge in [0.15, 0.2) is 15.6 Å². The first kappa shape index (κ1) is 28.2. The van der Waals surface area contributed by atoms with E-state index in [9.17, 15) is 31.6 Å². The van der Waals surface area contributed by atoms with Crippen LogP contribution in [-0.4, -0.2) is 49.5 Å². The number of nitrogens with zero attached hydrogens (tertiary/aromatic N) is 1. The molecule has 1 fully saturated rings. The number of anilines is 1. The molecule has 2 amide bonds. The van der Waals surface area contributed by atoms with Crippen molar-refractivity contribution in [1.29, 1.82) is 0 Å². The number of carbonyl (C=O) groups is 3. The van der Waals surface area contributed by atoms with Crippen LogP contribution in [0.15, 0.2) is 51.8 Å². The van der Waals surface area contributed by atoms with Crippen molar-refractivity contribution in [1.82, 2.24) is 5.32 Å². The summed E-state index contributed by atoms with van der Waals surface area (Å²) in [6.07, 6.45) is -1.71. The number of rotatable bonds is 6. The lowest BCUT2D eigenvalue weighted by Crippen LogP contribution is -2.51. The molecule has 0 aromatic heterocycles. The normalized spacial score (nSPS) is 21.7. The Morgan fingerprint density at radius 1 is 1.16 bits per heavy atom. The molecule has 1 heterocycles. The third kappa shape index (κ3) is 6.40. The van der Waals surface area contributed by atoms with Crippen LogP contribution in [-0.2, 0) is 25.9 Å². The summed E-state index contributed by atoms with van der Waals surface area (Å²) in [4.78, 5) is 39.9. The first-order valence-corrected chi connectivity index (χ1v) is 14.3. The summed E-state index contributed by atoms with van der Waals surface area (Å²) in [5, 5.41) is 2.37. The number of fused-ring (bicyclic) bond motifs is 1. The highest BCUT2D eigenvalue weighted by Gasteiger charge is 2.57. The average molecular weight is 613 g/mol. The third-order valence-corrected chi connectivity index (χ3v) is 8.51. The van der Waals surface area contributed by atoms with Crippen LogP contribution in [0, 0.1) is 5.92 Å². The fourth-order valence-electron chi connectivity index (χ4n) is 4.17. The van der Waals surface area contributed by atoms with E-state index in [1.807, 2.05) is 0 Å². The fourth-order valence-corrected chi connectivity index (χ4v) is 6.05. The fraction of sp³-hybridized carbons (Fsp3) is 0.423. The van der Waals surface area contributed by atoms with E-state index in [0.29, 0.717) is 5.56 Å². The van der Waals surface area contributed by atoms with Crippen molar-refractivity contribution in [3.63, 3.8) is 0 Å². The van der Waals surface area contributed by atoms with E-state index in [0.717, 1.165) is 4.47 Å². The van der Waals surface area contributed by atoms with Gasteiger partial charge in [-0.25, -0.2) is 22.0 Å². The number of alkyl carbamates (subject to hydrolysis) is 1. The molecule has 0 bridgehead atoms. The first-order chi connectivity index (χ1) is 17.6. The second-order valence-electron chi connectivity index (χ2n) is 10.5. The molecular formula is C26H27BrF2N2O6S. The second-order valence-corrected chi connectivity index (χ2v) is 13.4. The maximum absolute atomic E-state index is 13.7. The van der Waals surface area contributed by atoms with E-state index in [1.165, 1.54) is 23.1 Å². The zero-order chi connectivity index (χ0) is 28.0. The zero-order valence-electron chi connectivity index (χ0n) is 21.0. The zero-order valence-corrected chi connectivity index (χ0v) is 23.4. The lowest BCUT2D eigenvalue weighted by Gasteiger charge is -2.27. The Labute approximate surface area is 227 Å². The minimum atomic E-state index is -4.13. The van der Waals surface area contributed by atoms with Crippen molar-refractivity contribution < 1.29 is 36.3 Å². The van der Waals surface area contributed by atoms with Crippen molar-refractivity contribution in [3.05, 3.63) is 58.1 Å². The van der Waals surface area contributed by atoms with Gasteiger partial charge in [-0.15, -0.1) is 0 Å². The van der Waals surface area contributed by atoms with E-state index in [1.54, 1.807) is 45.0 Å². The van der Waals surface area contributed by atoms with Gasteiger partial charge in [0.05, 0.1) is 22.9 Å². The highest BCUT2D eigenvalue weighted by atomic mass is 79.9. The number of sulfone groups is 1. The summed E-state index contributed by atoms with van der Waals surface area (Å²) >= 11 is 3.34. The van der Waals surface area contributed by atoms with Crippen LogP contribution in [0.3, 0.4) is 0 Å². The smallest absolute Gasteiger partial charge is 0.408 e. The maximum Gasteiger partial charge on any atom is 0.408 e. The molecule has 38 heavy (non-hydrogen) atoms. The number of ketones is 1. The molecule has 8 nitrogen and oxygen atoms in total. The molecule has 204 valence electrons. The van der Waals surface area contributed by atoms with Crippen LogP contribution in [0.2, 0.25) is 0 Å². The van der Waals surface area contributed by atoms with Crippen molar-refractivity contribution >= 4 is 49.2 Å². The average Bonchev–Trinajstić information content (AvgIpc) is 3.42. The predicted molar refractivity (Wildman–Crippen MR) is 139 cm³/mol. The van der Waals surface area contributed by atoms with E-state index >= 15 is 0 Å². The van der Waals surface area contributed by atoms with E-state index in [2.05, 4.69) is 21.2 Å². The minimum Gasteiger partial charge on any atom is -0.444 e. The van der Waals surface area contributed by atoms with Crippen molar-refractivity contribution in [2.75, 3.05) is 10.7 Å². The largest absolute Gasteiger partial charge is 0.444 e. The van der Waals surface area contributed by atoms with Crippen LogP contribution < -0.4 is 10.2 Å². The number of nitrogens with one attached hydrogen (secondary N) is 1. The molecule has 0 spiro atoms. The summed E-state index contributed by atoms with van der Waals surface area (Å²) < 4.78 is 59.5. The molecule has 1 N–H and O–H groups in total. The summed E-state index contributed by atoms with van der Waals surface area (Å²) in [6, 6.07) is 9.23. The highest BCUT2D eigenvalue weighted by Crippen LogP contribution is 2.51. The summed E-state index contributed by atoms with van der Waals surface area (Å²) in [5.74, 6) is -5.96. The van der Waals surface area contributed by atoms with Gasteiger partial charge in [0, 0.05) is 28.8 Å². The number of hydrogen-bond donors (Lipinski definition) is 1. The van der Waals surface area contributed by atoms with Gasteiger partial charge in [-0.1, -0.05) is 28.1 Å². The SMILES string of the molecule is CC(C)(C)OC(=O)N[C@H]1CS(=O)(=O)c2ccc(C(=O)CC3CC3(F)F)cc2N(Cc2ccc(Br)cc2)C1=O. The first-order valence-electron chi connectivity index (χ1n) is 11.9. The number of ether oxygens (including phenoxy) is 1. The Morgan fingerprint density at radius 3 is 2.37 bits per heavy atom. The molecule has 2 aliphatic rings. The van der Waals surface area contributed by atoms with Crippen molar-refractivity contribution in [3.8, 4) is 0 Å². The Kier molecular flexibility index (Phi) is 7.43. The summed E-state index contributed by atoms with van der Waals surface area (Å²) in [7, 11) is -4.13. The minimum absolute atomic E-state index is 0.0220. The number of amides is 2. The van der Waals surface area contributed by atoms with Crippen molar-refractivity contribution in [2.45, 2.75) is 62.6 Å². The van der Waals surface area contributed by atoms with E-state index in [-0.39, 0.29) is 35.5 Å². The standard InChI is InChI=1S/C26H27BrF2N2O6S/c1-25(2,3)37-24(34)30-19-14-38(35,36)22-9-6-16(21(32)11-17-12-26(17,28)29)10-20(22)31(23(19)33)13-15-4-7-18(27)8-5-15/h4-10,17,19H,11-14H2,1-3H3,(H,30,34)/t17?,19-/m0/s1. The number of alkyl halides is 2. The van der Waals surface area contributed by atoms with E-state index < -0.39 is 56.9 Å². The van der Waals surface area contributed by atoms with Crippen LogP contribution in [0.25, 0.3) is 0 Å². The van der Waals surface area contributed by atoms with Crippen LogP contribution in [0.4, 0.5) is 19.3 Å². The molecule has 12 heteroatoms. The molecule has 2 aromatic carbocycles. The van der Waals surface area contributed by atoms with Gasteiger partial charge in [0.2, 0.25) is 0 Å². The maximum atomic E-state index is 13.7. The number of benzene rings is 2. The van der Waals surface area contributed by atoms with Gasteiger partial charge >= 0.3 is 6.09 Å². The van der Waals surface area contributed by atoms with Gasteiger partial charge < -0.3 is 15.0 Å². The highest BCUT2D eigenvalue weighted by molar-refractivity contribution is 9.10. The Hall–Kier alpha value is -2.86. The molecule has 2 atom stereocenters. The van der Waals surface area contributed by atoms with Crippen molar-refractivity contribution in [2.24, 2.45) is 5.92 Å². The molecule has 2 aromatic rings. The molecule has 0 radical (unpaired) electrons. The van der Waals surface area contributed by atoms with Crippen LogP contribution in [0.5, 0.6) is 0 Å². The second kappa shape index (κ2) is 10.0. The molecule has 4 rings (SSSR count). The lowest BCUT2D eigenvalue weighted by molar-refractivity contribution is -0.120. The third-order valence-electron chi connectivity index (χ3n) is 6.19. The number of hydrogen-bond acceptors (Lipinski definition) is 6. The Balaban J connectivity index is 1.74. The lowest BCUT2D eigenvalue weighted by atomic mass is 10.0. The molecular weight excluding hydrogens is 586 g/mol. The molecule has 1 unspecified atom stereocenters. The van der Waals surface area contributed by atoms with Gasteiger partial charge in [-0.3, -0.25) is 9.59 Å². The quantitative estimate of drug-likeness (QED) is 0.465. The van der Waals surface area contributed by atoms with Gasteiger partial charge in [-0.2, -0.15) is 0 Å². The molecule has 0 saturated heterocycles. The van der Waals surface area contributed by atoms with Crippen LogP contribution >= 0.6 is 15.9 Å². The number of halogens is 3. The number of Topliss-reactive ketones (excluding diaryl/α,β-unsaturated/α-hetero) is 1. The van der Waals surface area contributed by atoms with Gasteiger partial charge in [-0.05, 0) is 56.7 Å². The van der Waals surface area contributed by atoms with Crippen LogP contribution in [0.1, 0.15) is 49.5 Å². The summed E-state index contributed by atoms with van der Waals surface area (Å²) in [5.41, 5.74) is -0.268. The molecule has 1 aliphatic carbocycles. The van der Waals surface area contributed by atoms with Gasteiger partial charge in [0.1, 0.15) is 11.6 Å². The Morgan fingerprint density at radius 2 is 1.79 bits per heavy atom. The molecule has 1 saturated carbocycles. The monoisotopic (exact) mass is 612 g/mol.